The molecule has 4 rings (SSSR count). The number of carbonyl (C=O) groups excluding carboxylic acids is 1. The second kappa shape index (κ2) is 9.75. The SMILES string of the molecule is Cc1ccc(S(=O)(=O)N2CCCC(C(=O)Nc3nc(-c4ccc(C(C)C)cc4)cs3)C2)cc1. The summed E-state index contributed by atoms with van der Waals surface area (Å²) in [6, 6.07) is 15.1. The first kappa shape index (κ1) is 23.6. The highest BCUT2D eigenvalue weighted by atomic mass is 32.2. The molecule has 1 N–H and O–H groups in total. The van der Waals surface area contributed by atoms with Crippen molar-refractivity contribution in [1.82, 2.24) is 9.29 Å². The number of hydrogen-bond donors (Lipinski definition) is 1. The average molecular weight is 484 g/mol. The summed E-state index contributed by atoms with van der Waals surface area (Å²) in [6.07, 6.45) is 1.30. The standard InChI is InChI=1S/C25H29N3O3S2/c1-17(2)19-8-10-20(11-9-19)23-16-32-25(26-23)27-24(29)21-5-4-14-28(15-21)33(30,31)22-12-6-18(3)7-13-22/h6-13,16-17,21H,4-5,14-15H2,1-3H3,(H,26,27,29). The van der Waals surface area contributed by atoms with Gasteiger partial charge in [0.05, 0.1) is 16.5 Å². The summed E-state index contributed by atoms with van der Waals surface area (Å²) >= 11 is 1.38. The Morgan fingerprint density at radius 1 is 1.12 bits per heavy atom. The van der Waals surface area contributed by atoms with Crippen LogP contribution >= 0.6 is 11.3 Å². The number of anilines is 1. The summed E-state index contributed by atoms with van der Waals surface area (Å²) in [7, 11) is -3.62. The van der Waals surface area contributed by atoms with Crippen molar-refractivity contribution >= 4 is 32.4 Å². The summed E-state index contributed by atoms with van der Waals surface area (Å²) < 4.78 is 27.5. The van der Waals surface area contributed by atoms with Gasteiger partial charge in [-0.25, -0.2) is 13.4 Å². The van der Waals surface area contributed by atoms with Crippen LogP contribution in [-0.2, 0) is 14.8 Å². The number of amides is 1. The molecule has 2 heterocycles. The third-order valence-electron chi connectivity index (χ3n) is 6.02. The van der Waals surface area contributed by atoms with Gasteiger partial charge in [-0.1, -0.05) is 55.8 Å². The predicted molar refractivity (Wildman–Crippen MR) is 133 cm³/mol. The molecule has 1 amide bonds. The lowest BCUT2D eigenvalue weighted by molar-refractivity contribution is -0.120. The van der Waals surface area contributed by atoms with Gasteiger partial charge in [0.15, 0.2) is 5.13 Å². The van der Waals surface area contributed by atoms with E-state index in [2.05, 4.69) is 36.3 Å². The Morgan fingerprint density at radius 3 is 2.48 bits per heavy atom. The summed E-state index contributed by atoms with van der Waals surface area (Å²) in [6.45, 7) is 6.83. The Morgan fingerprint density at radius 2 is 1.82 bits per heavy atom. The molecule has 1 saturated heterocycles. The van der Waals surface area contributed by atoms with Crippen LogP contribution in [0.15, 0.2) is 58.8 Å². The van der Waals surface area contributed by atoms with E-state index in [4.69, 9.17) is 0 Å². The fraction of sp³-hybridized carbons (Fsp3) is 0.360. The monoisotopic (exact) mass is 483 g/mol. The molecule has 1 aliphatic rings. The molecule has 1 aromatic heterocycles. The van der Waals surface area contributed by atoms with E-state index < -0.39 is 15.9 Å². The average Bonchev–Trinajstić information content (AvgIpc) is 3.28. The lowest BCUT2D eigenvalue weighted by atomic mass is 9.99. The number of thiazole rings is 1. The highest BCUT2D eigenvalue weighted by Gasteiger charge is 2.33. The summed E-state index contributed by atoms with van der Waals surface area (Å²) in [5.74, 6) is -0.124. The van der Waals surface area contributed by atoms with Crippen molar-refractivity contribution in [2.75, 3.05) is 18.4 Å². The number of aryl methyl sites for hydroxylation is 1. The zero-order chi connectivity index (χ0) is 23.6. The van der Waals surface area contributed by atoms with Gasteiger partial charge in [-0.15, -0.1) is 11.3 Å². The van der Waals surface area contributed by atoms with Crippen LogP contribution in [0.1, 0.15) is 43.7 Å². The summed E-state index contributed by atoms with van der Waals surface area (Å²) in [4.78, 5) is 17.8. The normalized spacial score (nSPS) is 17.3. The van der Waals surface area contributed by atoms with Gasteiger partial charge < -0.3 is 5.32 Å². The number of nitrogens with one attached hydrogen (secondary N) is 1. The van der Waals surface area contributed by atoms with Gasteiger partial charge in [0, 0.05) is 24.0 Å². The zero-order valence-corrected chi connectivity index (χ0v) is 20.7. The third kappa shape index (κ3) is 5.34. The number of nitrogens with zero attached hydrogens (tertiary/aromatic N) is 2. The Labute approximate surface area is 199 Å². The van der Waals surface area contributed by atoms with E-state index in [1.807, 2.05) is 24.4 Å². The van der Waals surface area contributed by atoms with Gasteiger partial charge in [-0.2, -0.15) is 4.31 Å². The summed E-state index contributed by atoms with van der Waals surface area (Å²) in [5.41, 5.74) is 4.09. The van der Waals surface area contributed by atoms with Gasteiger partial charge >= 0.3 is 0 Å². The van der Waals surface area contributed by atoms with Crippen molar-refractivity contribution in [3.05, 3.63) is 65.0 Å². The minimum Gasteiger partial charge on any atom is -0.302 e. The number of rotatable bonds is 6. The van der Waals surface area contributed by atoms with Crippen LogP contribution in [0.2, 0.25) is 0 Å². The molecule has 1 atom stereocenters. The molecule has 1 aliphatic heterocycles. The number of hydrogen-bond acceptors (Lipinski definition) is 5. The van der Waals surface area contributed by atoms with Crippen molar-refractivity contribution in [2.24, 2.45) is 5.92 Å². The highest BCUT2D eigenvalue weighted by molar-refractivity contribution is 7.89. The largest absolute Gasteiger partial charge is 0.302 e. The van der Waals surface area contributed by atoms with E-state index in [-0.39, 0.29) is 17.3 Å². The number of carbonyl (C=O) groups is 1. The van der Waals surface area contributed by atoms with Crippen LogP contribution < -0.4 is 5.32 Å². The number of benzene rings is 2. The van der Waals surface area contributed by atoms with Crippen molar-refractivity contribution in [2.45, 2.75) is 44.4 Å². The Balaban J connectivity index is 1.42. The second-order valence-electron chi connectivity index (χ2n) is 8.82. The van der Waals surface area contributed by atoms with Gasteiger partial charge in [-0.3, -0.25) is 4.79 Å². The maximum atomic E-state index is 13.0. The second-order valence-corrected chi connectivity index (χ2v) is 11.6. The van der Waals surface area contributed by atoms with Gasteiger partial charge in [-0.05, 0) is 43.4 Å². The molecular formula is C25H29N3O3S2. The summed E-state index contributed by atoms with van der Waals surface area (Å²) in [5, 5.41) is 5.35. The fourth-order valence-electron chi connectivity index (χ4n) is 3.94. The van der Waals surface area contributed by atoms with Gasteiger partial charge in [0.2, 0.25) is 15.9 Å². The van der Waals surface area contributed by atoms with Crippen LogP contribution in [0.3, 0.4) is 0 Å². The third-order valence-corrected chi connectivity index (χ3v) is 8.66. The zero-order valence-electron chi connectivity index (χ0n) is 19.1. The van der Waals surface area contributed by atoms with E-state index in [1.165, 1.54) is 21.2 Å². The minimum absolute atomic E-state index is 0.178. The molecule has 3 aromatic rings. The van der Waals surface area contributed by atoms with Crippen LogP contribution in [0.4, 0.5) is 5.13 Å². The van der Waals surface area contributed by atoms with Crippen LogP contribution in [-0.4, -0.2) is 36.7 Å². The molecule has 2 aromatic carbocycles. The van der Waals surface area contributed by atoms with Crippen molar-refractivity contribution in [1.29, 1.82) is 0 Å². The first-order chi connectivity index (χ1) is 15.7. The topological polar surface area (TPSA) is 79.4 Å². The van der Waals surface area contributed by atoms with E-state index in [1.54, 1.807) is 24.3 Å². The fourth-order valence-corrected chi connectivity index (χ4v) is 6.19. The highest BCUT2D eigenvalue weighted by Crippen LogP contribution is 2.28. The van der Waals surface area contributed by atoms with Gasteiger partial charge in [0.25, 0.3) is 0 Å². The molecule has 6 nitrogen and oxygen atoms in total. The molecular weight excluding hydrogens is 454 g/mol. The maximum absolute atomic E-state index is 13.0. The van der Waals surface area contributed by atoms with Gasteiger partial charge in [0.1, 0.15) is 0 Å². The van der Waals surface area contributed by atoms with E-state index >= 15 is 0 Å². The first-order valence-electron chi connectivity index (χ1n) is 11.2. The van der Waals surface area contributed by atoms with Crippen LogP contribution in [0.25, 0.3) is 11.3 Å². The lowest BCUT2D eigenvalue weighted by Crippen LogP contribution is -2.43. The molecule has 0 spiro atoms. The quantitative estimate of drug-likeness (QED) is 0.517. The minimum atomic E-state index is -3.62. The molecule has 1 unspecified atom stereocenters. The van der Waals surface area contributed by atoms with Crippen molar-refractivity contribution in [3.8, 4) is 11.3 Å². The molecule has 1 fully saturated rings. The molecule has 0 radical (unpaired) electrons. The smallest absolute Gasteiger partial charge is 0.243 e. The predicted octanol–water partition coefficient (Wildman–Crippen LogP) is 5.28. The van der Waals surface area contributed by atoms with Crippen molar-refractivity contribution in [3.63, 3.8) is 0 Å². The Hall–Kier alpha value is -2.55. The molecule has 174 valence electrons. The van der Waals surface area contributed by atoms with E-state index in [9.17, 15) is 13.2 Å². The Bertz CT molecular complexity index is 1220. The number of sulfonamides is 1. The first-order valence-corrected chi connectivity index (χ1v) is 13.5. The van der Waals surface area contributed by atoms with Crippen LogP contribution in [0, 0.1) is 12.8 Å². The van der Waals surface area contributed by atoms with Crippen molar-refractivity contribution < 1.29 is 13.2 Å². The number of aromatic nitrogens is 1. The van der Waals surface area contributed by atoms with Crippen LogP contribution in [0.5, 0.6) is 0 Å². The molecule has 33 heavy (non-hydrogen) atoms. The Kier molecular flexibility index (Phi) is 6.97. The number of piperidine rings is 1. The molecule has 0 bridgehead atoms. The molecule has 8 heteroatoms. The van der Waals surface area contributed by atoms with E-state index in [0.29, 0.717) is 30.4 Å². The molecule has 0 aliphatic carbocycles. The maximum Gasteiger partial charge on any atom is 0.243 e. The molecule has 0 saturated carbocycles. The van der Waals surface area contributed by atoms with E-state index in [0.717, 1.165) is 16.8 Å². The lowest BCUT2D eigenvalue weighted by Gasteiger charge is -2.31.